The maximum absolute atomic E-state index is 14.2. The highest BCUT2D eigenvalue weighted by molar-refractivity contribution is 5.97. The monoisotopic (exact) mass is 351 g/mol. The molecule has 0 atom stereocenters. The Morgan fingerprint density at radius 1 is 1.04 bits per heavy atom. The van der Waals surface area contributed by atoms with E-state index in [2.05, 4.69) is 20.2 Å². The van der Waals surface area contributed by atoms with E-state index in [1.807, 2.05) is 12.1 Å². The molecule has 0 bridgehead atoms. The molecule has 0 saturated carbocycles. The first-order valence-corrected chi connectivity index (χ1v) is 7.72. The zero-order valence-corrected chi connectivity index (χ0v) is 13.7. The quantitative estimate of drug-likeness (QED) is 0.583. The Morgan fingerprint density at radius 2 is 1.81 bits per heavy atom. The largest absolute Gasteiger partial charge is 0.494 e. The summed E-state index contributed by atoms with van der Waals surface area (Å²) in [6.45, 7) is 0. The van der Waals surface area contributed by atoms with Crippen molar-refractivity contribution in [2.75, 3.05) is 12.8 Å². The fraction of sp³-hybridized carbons (Fsp3) is 0.0556. The summed E-state index contributed by atoms with van der Waals surface area (Å²) in [6, 6.07) is 11.8. The first-order chi connectivity index (χ1) is 12.7. The maximum atomic E-state index is 14.2. The predicted octanol–water partition coefficient (Wildman–Crippen LogP) is 3.54. The number of H-pyrrole nitrogens is 1. The fourth-order valence-electron chi connectivity index (χ4n) is 2.63. The number of nitrogens with two attached hydrogens (primary N) is 1. The molecule has 8 heteroatoms. The Labute approximate surface area is 147 Å². The van der Waals surface area contributed by atoms with E-state index in [0.717, 1.165) is 5.56 Å². The summed E-state index contributed by atoms with van der Waals surface area (Å²) in [5.74, 6) is 0.482. The number of benzene rings is 2. The fourth-order valence-corrected chi connectivity index (χ4v) is 2.63. The van der Waals surface area contributed by atoms with Gasteiger partial charge in [-0.25, -0.2) is 9.97 Å². The topological polar surface area (TPSA) is 98.9 Å². The van der Waals surface area contributed by atoms with E-state index in [4.69, 9.17) is 15.2 Å². The van der Waals surface area contributed by atoms with Crippen LogP contribution in [0.25, 0.3) is 22.3 Å². The van der Waals surface area contributed by atoms with Crippen LogP contribution in [0.5, 0.6) is 17.2 Å². The van der Waals surface area contributed by atoms with Crippen LogP contribution in [0.1, 0.15) is 0 Å². The first kappa shape index (κ1) is 15.8. The molecule has 0 radical (unpaired) electrons. The molecule has 3 N–H and O–H groups in total. The summed E-state index contributed by atoms with van der Waals surface area (Å²) < 4.78 is 24.7. The second kappa shape index (κ2) is 6.32. The van der Waals surface area contributed by atoms with Crippen LogP contribution in [0.4, 0.5) is 10.2 Å². The van der Waals surface area contributed by atoms with Gasteiger partial charge in [0.1, 0.15) is 17.9 Å². The Kier molecular flexibility index (Phi) is 3.85. The first-order valence-electron chi connectivity index (χ1n) is 7.72. The van der Waals surface area contributed by atoms with Crippen LogP contribution in [0, 0.1) is 5.82 Å². The van der Waals surface area contributed by atoms with E-state index < -0.39 is 5.82 Å². The molecule has 0 spiro atoms. The molecule has 0 aliphatic heterocycles. The van der Waals surface area contributed by atoms with Crippen LogP contribution in [-0.4, -0.2) is 27.3 Å². The Morgan fingerprint density at radius 3 is 2.58 bits per heavy atom. The van der Waals surface area contributed by atoms with Gasteiger partial charge < -0.3 is 15.2 Å². The number of ether oxygens (including phenoxy) is 2. The normalized spacial score (nSPS) is 10.8. The van der Waals surface area contributed by atoms with Crippen molar-refractivity contribution in [2.45, 2.75) is 0 Å². The lowest BCUT2D eigenvalue weighted by Gasteiger charge is -2.09. The molecule has 0 amide bonds. The molecule has 4 rings (SSSR count). The summed E-state index contributed by atoms with van der Waals surface area (Å²) >= 11 is 0. The van der Waals surface area contributed by atoms with Gasteiger partial charge in [0.2, 0.25) is 5.82 Å². The molecule has 4 aromatic rings. The van der Waals surface area contributed by atoms with Crippen LogP contribution in [0.15, 0.2) is 48.8 Å². The van der Waals surface area contributed by atoms with Crippen molar-refractivity contribution in [3.05, 3.63) is 54.6 Å². The van der Waals surface area contributed by atoms with E-state index in [9.17, 15) is 4.39 Å². The van der Waals surface area contributed by atoms with Crippen molar-refractivity contribution in [2.24, 2.45) is 0 Å². The number of hydrogen-bond acceptors (Lipinski definition) is 6. The van der Waals surface area contributed by atoms with E-state index in [1.54, 1.807) is 18.2 Å². The molecule has 130 valence electrons. The molecule has 7 nitrogen and oxygen atoms in total. The highest BCUT2D eigenvalue weighted by Crippen LogP contribution is 2.33. The van der Waals surface area contributed by atoms with Crippen molar-refractivity contribution in [1.29, 1.82) is 0 Å². The van der Waals surface area contributed by atoms with Crippen LogP contribution < -0.4 is 15.2 Å². The van der Waals surface area contributed by atoms with Crippen LogP contribution in [0.3, 0.4) is 0 Å². The molecule has 2 heterocycles. The Bertz CT molecular complexity index is 1080. The summed E-state index contributed by atoms with van der Waals surface area (Å²) in [6.07, 6.45) is 1.36. The summed E-state index contributed by atoms with van der Waals surface area (Å²) in [4.78, 5) is 8.07. The lowest BCUT2D eigenvalue weighted by molar-refractivity contribution is 0.368. The third-order valence-electron chi connectivity index (χ3n) is 3.90. The Balaban J connectivity index is 1.65. The number of nitrogens with zero attached hydrogens (tertiary/aromatic N) is 3. The van der Waals surface area contributed by atoms with Crippen molar-refractivity contribution in [3.8, 4) is 28.5 Å². The third kappa shape index (κ3) is 2.67. The van der Waals surface area contributed by atoms with Gasteiger partial charge in [-0.2, -0.15) is 9.49 Å². The van der Waals surface area contributed by atoms with Gasteiger partial charge in [-0.15, -0.1) is 0 Å². The van der Waals surface area contributed by atoms with Crippen LogP contribution in [-0.2, 0) is 0 Å². The van der Waals surface area contributed by atoms with Gasteiger partial charge in [0.25, 0.3) is 0 Å². The van der Waals surface area contributed by atoms with E-state index in [1.165, 1.54) is 25.6 Å². The van der Waals surface area contributed by atoms with Gasteiger partial charge in [-0.05, 0) is 36.4 Å². The Hall–Kier alpha value is -3.68. The number of anilines is 1. The highest BCUT2D eigenvalue weighted by atomic mass is 19.1. The number of methoxy groups -OCH3 is 1. The highest BCUT2D eigenvalue weighted by Gasteiger charge is 2.13. The second-order valence-electron chi connectivity index (χ2n) is 5.45. The smallest absolute Gasteiger partial charge is 0.207 e. The molecular weight excluding hydrogens is 337 g/mol. The minimum atomic E-state index is -0.552. The molecule has 2 aromatic heterocycles. The number of halogens is 1. The lowest BCUT2D eigenvalue weighted by Crippen LogP contribution is -1.93. The minimum absolute atomic E-state index is 0.0849. The number of nitrogen functional groups attached to an aromatic ring is 1. The molecule has 0 fully saturated rings. The summed E-state index contributed by atoms with van der Waals surface area (Å²) in [7, 11) is 1.40. The van der Waals surface area contributed by atoms with E-state index >= 15 is 0 Å². The van der Waals surface area contributed by atoms with Gasteiger partial charge in [0, 0.05) is 5.56 Å². The van der Waals surface area contributed by atoms with Crippen molar-refractivity contribution in [1.82, 2.24) is 20.2 Å². The van der Waals surface area contributed by atoms with Gasteiger partial charge in [-0.1, -0.05) is 6.07 Å². The summed E-state index contributed by atoms with van der Waals surface area (Å²) in [5, 5.41) is 7.69. The van der Waals surface area contributed by atoms with Gasteiger partial charge in [0.15, 0.2) is 17.1 Å². The molecule has 0 aliphatic carbocycles. The average Bonchev–Trinajstić information content (AvgIpc) is 3.10. The average molecular weight is 351 g/mol. The molecule has 26 heavy (non-hydrogen) atoms. The number of hydrogen-bond donors (Lipinski definition) is 2. The lowest BCUT2D eigenvalue weighted by atomic mass is 10.1. The molecule has 0 saturated heterocycles. The zero-order valence-electron chi connectivity index (χ0n) is 13.7. The summed E-state index contributed by atoms with van der Waals surface area (Å²) in [5.41, 5.74) is 7.95. The number of aromatic amines is 1. The molecular formula is C18H14FN5O2. The van der Waals surface area contributed by atoms with Crippen molar-refractivity contribution >= 4 is 16.9 Å². The molecule has 0 unspecified atom stereocenters. The van der Waals surface area contributed by atoms with Gasteiger partial charge >= 0.3 is 0 Å². The number of nitrogens with one attached hydrogen (secondary N) is 1. The number of aromatic nitrogens is 4. The zero-order chi connectivity index (χ0) is 18.1. The second-order valence-corrected chi connectivity index (χ2v) is 5.45. The van der Waals surface area contributed by atoms with Crippen molar-refractivity contribution < 1.29 is 13.9 Å². The van der Waals surface area contributed by atoms with Crippen LogP contribution >= 0.6 is 0 Å². The number of rotatable bonds is 4. The maximum Gasteiger partial charge on any atom is 0.207 e. The van der Waals surface area contributed by atoms with E-state index in [-0.39, 0.29) is 11.5 Å². The number of fused-ring (bicyclic) bond motifs is 1. The van der Waals surface area contributed by atoms with Gasteiger partial charge in [0.05, 0.1) is 18.2 Å². The SMILES string of the molecule is COc1cccc(Oc2ccc(-c3[nH]nc4ncnc(N)c34)cc2)c1F. The predicted molar refractivity (Wildman–Crippen MR) is 94.6 cm³/mol. The minimum Gasteiger partial charge on any atom is -0.494 e. The third-order valence-corrected chi connectivity index (χ3v) is 3.90. The molecule has 0 aliphatic rings. The molecule has 2 aromatic carbocycles. The van der Waals surface area contributed by atoms with Crippen molar-refractivity contribution in [3.63, 3.8) is 0 Å². The van der Waals surface area contributed by atoms with E-state index in [0.29, 0.717) is 28.3 Å². The van der Waals surface area contributed by atoms with Gasteiger partial charge in [-0.3, -0.25) is 5.10 Å². The standard InChI is InChI=1S/C18H14FN5O2/c1-25-12-3-2-4-13(15(12)19)26-11-7-5-10(6-8-11)16-14-17(20)21-9-22-18(14)24-23-16/h2-9H,1H3,(H3,20,21,22,23,24). The van der Waals surface area contributed by atoms with Crippen LogP contribution in [0.2, 0.25) is 0 Å².